The van der Waals surface area contributed by atoms with Gasteiger partial charge in [0, 0.05) is 29.9 Å². The van der Waals surface area contributed by atoms with Crippen LogP contribution < -0.4 is 10.2 Å². The van der Waals surface area contributed by atoms with Gasteiger partial charge < -0.3 is 10.2 Å². The first-order chi connectivity index (χ1) is 13.2. The molecule has 1 aromatic heterocycles. The molecule has 0 spiro atoms. The van der Waals surface area contributed by atoms with E-state index in [0.717, 1.165) is 30.2 Å². The fraction of sp³-hybridized carbons (Fsp3) is 0.190. The maximum atomic E-state index is 13.3. The highest BCUT2D eigenvalue weighted by Gasteiger charge is 2.14. The summed E-state index contributed by atoms with van der Waals surface area (Å²) in [5.41, 5.74) is 2.48. The van der Waals surface area contributed by atoms with Crippen LogP contribution in [0.2, 0.25) is 0 Å². The van der Waals surface area contributed by atoms with Crippen LogP contribution in [-0.4, -0.2) is 29.2 Å². The summed E-state index contributed by atoms with van der Waals surface area (Å²) in [5.74, 6) is 0.0960. The van der Waals surface area contributed by atoms with Gasteiger partial charge in [-0.3, -0.25) is 4.79 Å². The van der Waals surface area contributed by atoms with Crippen LogP contribution in [0, 0.1) is 5.82 Å². The number of amides is 1. The first-order valence-corrected chi connectivity index (χ1v) is 8.95. The average Bonchev–Trinajstić information content (AvgIpc) is 3.23. The Labute approximate surface area is 156 Å². The molecule has 5 nitrogen and oxygen atoms in total. The smallest absolute Gasteiger partial charge is 0.255 e. The number of carbonyl (C=O) groups excluding carboxylic acids is 1. The predicted octanol–water partition coefficient (Wildman–Crippen LogP) is 4.14. The number of nitrogens with zero attached hydrogens (tertiary/aromatic N) is 3. The van der Waals surface area contributed by atoms with Crippen LogP contribution in [0.4, 0.5) is 15.9 Å². The van der Waals surface area contributed by atoms with Gasteiger partial charge in [-0.2, -0.15) is 0 Å². The third-order valence-corrected chi connectivity index (χ3v) is 4.58. The normalized spacial score (nSPS) is 13.6. The molecule has 3 aromatic rings. The highest BCUT2D eigenvalue weighted by molar-refractivity contribution is 6.04. The number of hydrogen-bond acceptors (Lipinski definition) is 4. The minimum Gasteiger partial charge on any atom is -0.355 e. The van der Waals surface area contributed by atoms with E-state index in [1.165, 1.54) is 31.0 Å². The Balaban J connectivity index is 1.51. The van der Waals surface area contributed by atoms with E-state index in [1.54, 1.807) is 12.1 Å². The van der Waals surface area contributed by atoms with Gasteiger partial charge in [-0.25, -0.2) is 4.39 Å². The molecule has 2 aromatic carbocycles. The van der Waals surface area contributed by atoms with E-state index in [2.05, 4.69) is 20.4 Å². The monoisotopic (exact) mass is 362 g/mol. The second-order valence-corrected chi connectivity index (χ2v) is 6.52. The average molecular weight is 362 g/mol. The molecule has 1 N–H and O–H groups in total. The van der Waals surface area contributed by atoms with Gasteiger partial charge in [0.15, 0.2) is 5.82 Å². The number of hydrogen-bond donors (Lipinski definition) is 1. The number of aromatic nitrogens is 2. The fourth-order valence-electron chi connectivity index (χ4n) is 3.18. The van der Waals surface area contributed by atoms with Crippen molar-refractivity contribution in [2.45, 2.75) is 12.8 Å². The zero-order chi connectivity index (χ0) is 18.6. The van der Waals surface area contributed by atoms with Crippen LogP contribution in [0.5, 0.6) is 0 Å². The molecule has 4 rings (SSSR count). The lowest BCUT2D eigenvalue weighted by Gasteiger charge is -2.15. The van der Waals surface area contributed by atoms with Gasteiger partial charge in [-0.15, -0.1) is 10.2 Å². The molecule has 0 unspecified atom stereocenters. The van der Waals surface area contributed by atoms with Crippen molar-refractivity contribution in [2.75, 3.05) is 23.3 Å². The minimum absolute atomic E-state index is 0.273. The first kappa shape index (κ1) is 17.1. The maximum Gasteiger partial charge on any atom is 0.255 e. The van der Waals surface area contributed by atoms with Crippen LogP contribution in [-0.2, 0) is 0 Å². The van der Waals surface area contributed by atoms with Crippen LogP contribution in [0.25, 0.3) is 11.3 Å². The number of benzene rings is 2. The van der Waals surface area contributed by atoms with Crippen molar-refractivity contribution < 1.29 is 9.18 Å². The molecule has 1 saturated heterocycles. The highest BCUT2D eigenvalue weighted by Crippen LogP contribution is 2.23. The third-order valence-electron chi connectivity index (χ3n) is 4.58. The van der Waals surface area contributed by atoms with Crippen molar-refractivity contribution in [1.82, 2.24) is 10.2 Å². The molecule has 1 fully saturated rings. The molecule has 136 valence electrons. The Morgan fingerprint density at radius 3 is 2.52 bits per heavy atom. The number of rotatable bonds is 4. The van der Waals surface area contributed by atoms with Crippen LogP contribution >= 0.6 is 0 Å². The van der Waals surface area contributed by atoms with Gasteiger partial charge in [0.1, 0.15) is 5.82 Å². The largest absolute Gasteiger partial charge is 0.355 e. The molecule has 0 atom stereocenters. The lowest BCUT2D eigenvalue weighted by atomic mass is 10.1. The summed E-state index contributed by atoms with van der Waals surface area (Å²) in [4.78, 5) is 14.5. The summed E-state index contributed by atoms with van der Waals surface area (Å²) in [7, 11) is 0. The predicted molar refractivity (Wildman–Crippen MR) is 103 cm³/mol. The molecule has 0 radical (unpaired) electrons. The van der Waals surface area contributed by atoms with Crippen molar-refractivity contribution in [3.05, 3.63) is 72.0 Å². The van der Waals surface area contributed by atoms with Crippen molar-refractivity contribution in [1.29, 1.82) is 0 Å². The molecule has 27 heavy (non-hydrogen) atoms. The van der Waals surface area contributed by atoms with Gasteiger partial charge in [0.25, 0.3) is 5.91 Å². The van der Waals surface area contributed by atoms with E-state index < -0.39 is 5.82 Å². The van der Waals surface area contributed by atoms with Crippen LogP contribution in [0.1, 0.15) is 23.2 Å². The van der Waals surface area contributed by atoms with E-state index in [1.807, 2.05) is 30.3 Å². The molecular weight excluding hydrogens is 343 g/mol. The van der Waals surface area contributed by atoms with E-state index >= 15 is 0 Å². The number of carbonyl (C=O) groups is 1. The molecule has 0 saturated carbocycles. The molecule has 2 heterocycles. The number of halogens is 1. The second kappa shape index (κ2) is 7.53. The lowest BCUT2D eigenvalue weighted by molar-refractivity contribution is 0.102. The Kier molecular flexibility index (Phi) is 4.78. The third kappa shape index (κ3) is 3.95. The highest BCUT2D eigenvalue weighted by atomic mass is 19.1. The standard InChI is InChI=1S/C21H19FN4O/c22-17-7-3-6-16(13-17)21(27)23-18-8-4-5-15(14-18)19-9-10-20(25-24-19)26-11-1-2-12-26/h3-10,13-14H,1-2,11-12H2,(H,23,27). The van der Waals surface area contributed by atoms with E-state index in [9.17, 15) is 9.18 Å². The van der Waals surface area contributed by atoms with Gasteiger partial charge in [-0.1, -0.05) is 18.2 Å². The SMILES string of the molecule is O=C(Nc1cccc(-c2ccc(N3CCCC3)nn2)c1)c1cccc(F)c1. The van der Waals surface area contributed by atoms with Crippen molar-refractivity contribution >= 4 is 17.4 Å². The lowest BCUT2D eigenvalue weighted by Crippen LogP contribution is -2.19. The summed E-state index contributed by atoms with van der Waals surface area (Å²) in [6.07, 6.45) is 2.38. The van der Waals surface area contributed by atoms with E-state index in [-0.39, 0.29) is 11.5 Å². The number of anilines is 2. The van der Waals surface area contributed by atoms with Gasteiger partial charge >= 0.3 is 0 Å². The van der Waals surface area contributed by atoms with Gasteiger partial charge in [-0.05, 0) is 55.3 Å². The van der Waals surface area contributed by atoms with Crippen LogP contribution in [0.15, 0.2) is 60.7 Å². The molecule has 1 amide bonds. The Bertz CT molecular complexity index is 952. The van der Waals surface area contributed by atoms with E-state index in [4.69, 9.17) is 0 Å². The molecule has 0 bridgehead atoms. The van der Waals surface area contributed by atoms with Gasteiger partial charge in [0.05, 0.1) is 5.69 Å². The first-order valence-electron chi connectivity index (χ1n) is 8.95. The number of nitrogens with one attached hydrogen (secondary N) is 1. The van der Waals surface area contributed by atoms with Crippen LogP contribution in [0.3, 0.4) is 0 Å². The Morgan fingerprint density at radius 1 is 0.963 bits per heavy atom. The summed E-state index contributed by atoms with van der Waals surface area (Å²) >= 11 is 0. The molecule has 6 heteroatoms. The quantitative estimate of drug-likeness (QED) is 0.758. The zero-order valence-electron chi connectivity index (χ0n) is 14.7. The minimum atomic E-state index is -0.440. The molecular formula is C21H19FN4O. The zero-order valence-corrected chi connectivity index (χ0v) is 14.7. The summed E-state index contributed by atoms with van der Waals surface area (Å²) in [6.45, 7) is 2.05. The molecule has 0 aliphatic carbocycles. The van der Waals surface area contributed by atoms with Crippen molar-refractivity contribution in [3.63, 3.8) is 0 Å². The van der Waals surface area contributed by atoms with Crippen molar-refractivity contribution in [2.24, 2.45) is 0 Å². The Hall–Kier alpha value is -3.28. The summed E-state index contributed by atoms with van der Waals surface area (Å²) in [6, 6.07) is 16.9. The van der Waals surface area contributed by atoms with Crippen molar-refractivity contribution in [3.8, 4) is 11.3 Å². The molecule has 1 aliphatic rings. The molecule has 1 aliphatic heterocycles. The Morgan fingerprint density at radius 2 is 1.78 bits per heavy atom. The van der Waals surface area contributed by atoms with E-state index in [0.29, 0.717) is 5.69 Å². The summed E-state index contributed by atoms with van der Waals surface area (Å²) in [5, 5.41) is 11.5. The van der Waals surface area contributed by atoms with Gasteiger partial charge in [0.2, 0.25) is 0 Å². The second-order valence-electron chi connectivity index (χ2n) is 6.52. The topological polar surface area (TPSA) is 58.1 Å². The fourth-order valence-corrected chi connectivity index (χ4v) is 3.18. The summed E-state index contributed by atoms with van der Waals surface area (Å²) < 4.78 is 13.3. The maximum absolute atomic E-state index is 13.3.